The van der Waals surface area contributed by atoms with Crippen LogP contribution in [0.25, 0.3) is 0 Å². The van der Waals surface area contributed by atoms with E-state index in [0.717, 1.165) is 25.7 Å². The maximum atomic E-state index is 11.8. The van der Waals surface area contributed by atoms with Gasteiger partial charge in [0.05, 0.1) is 5.56 Å². The quantitative estimate of drug-likeness (QED) is 0.784. The molecule has 6 nitrogen and oxygen atoms in total. The molecule has 23 heavy (non-hydrogen) atoms. The predicted octanol–water partition coefficient (Wildman–Crippen LogP) is 2.76. The highest BCUT2D eigenvalue weighted by molar-refractivity contribution is 9.10. The average Bonchev–Trinajstić information content (AvgIpc) is 2.54. The molecule has 2 N–H and O–H groups in total. The van der Waals surface area contributed by atoms with E-state index in [0.29, 0.717) is 10.0 Å². The SMILES string of the molecule is O=C(COC(=O)c1ccccc1Br)NC(=O)NC1CCCCC1. The normalized spacial score (nSPS) is 14.8. The maximum absolute atomic E-state index is 11.8. The van der Waals surface area contributed by atoms with Gasteiger partial charge in [-0.1, -0.05) is 31.4 Å². The summed E-state index contributed by atoms with van der Waals surface area (Å²) in [6.07, 6.45) is 5.21. The summed E-state index contributed by atoms with van der Waals surface area (Å²) in [5, 5.41) is 4.93. The topological polar surface area (TPSA) is 84.5 Å². The van der Waals surface area contributed by atoms with E-state index in [4.69, 9.17) is 4.74 Å². The van der Waals surface area contributed by atoms with E-state index in [1.807, 2.05) is 0 Å². The van der Waals surface area contributed by atoms with Gasteiger partial charge in [-0.05, 0) is 40.9 Å². The van der Waals surface area contributed by atoms with E-state index < -0.39 is 24.5 Å². The van der Waals surface area contributed by atoms with Crippen molar-refractivity contribution in [3.63, 3.8) is 0 Å². The number of nitrogens with one attached hydrogen (secondary N) is 2. The summed E-state index contributed by atoms with van der Waals surface area (Å²) in [4.78, 5) is 35.2. The summed E-state index contributed by atoms with van der Waals surface area (Å²) in [5.41, 5.74) is 0.326. The molecule has 0 saturated heterocycles. The highest BCUT2D eigenvalue weighted by Gasteiger charge is 2.18. The highest BCUT2D eigenvalue weighted by atomic mass is 79.9. The lowest BCUT2D eigenvalue weighted by Gasteiger charge is -2.22. The number of halogens is 1. The van der Waals surface area contributed by atoms with Crippen LogP contribution in [-0.2, 0) is 9.53 Å². The van der Waals surface area contributed by atoms with Crippen molar-refractivity contribution in [3.05, 3.63) is 34.3 Å². The molecule has 7 heteroatoms. The van der Waals surface area contributed by atoms with Gasteiger partial charge in [0.25, 0.3) is 5.91 Å². The minimum absolute atomic E-state index is 0.111. The maximum Gasteiger partial charge on any atom is 0.339 e. The lowest BCUT2D eigenvalue weighted by molar-refractivity contribution is -0.123. The summed E-state index contributed by atoms with van der Waals surface area (Å²) in [7, 11) is 0. The number of benzene rings is 1. The van der Waals surface area contributed by atoms with Gasteiger partial charge in [-0.15, -0.1) is 0 Å². The number of urea groups is 1. The molecule has 0 unspecified atom stereocenters. The van der Waals surface area contributed by atoms with E-state index >= 15 is 0 Å². The Morgan fingerprint density at radius 3 is 2.52 bits per heavy atom. The van der Waals surface area contributed by atoms with Crippen LogP contribution < -0.4 is 10.6 Å². The van der Waals surface area contributed by atoms with Crippen molar-refractivity contribution in [3.8, 4) is 0 Å². The van der Waals surface area contributed by atoms with Crippen LogP contribution in [0.15, 0.2) is 28.7 Å². The molecule has 2 rings (SSSR count). The Balaban J connectivity index is 1.73. The molecular formula is C16H19BrN2O4. The number of carbonyl (C=O) groups excluding carboxylic acids is 3. The first-order valence-electron chi connectivity index (χ1n) is 7.58. The molecule has 3 amide bonds. The summed E-state index contributed by atoms with van der Waals surface area (Å²) < 4.78 is 5.48. The van der Waals surface area contributed by atoms with Crippen LogP contribution in [0.3, 0.4) is 0 Å². The molecule has 0 aromatic heterocycles. The largest absolute Gasteiger partial charge is 0.452 e. The Kier molecular flexibility index (Phi) is 6.58. The van der Waals surface area contributed by atoms with E-state index in [2.05, 4.69) is 26.6 Å². The standard InChI is InChI=1S/C16H19BrN2O4/c17-13-9-5-4-8-12(13)15(21)23-10-14(20)19-16(22)18-11-6-2-1-3-7-11/h4-5,8-9,11H,1-3,6-7,10H2,(H2,18,19,20,22). The molecule has 0 bridgehead atoms. The fraction of sp³-hybridized carbons (Fsp3) is 0.438. The van der Waals surface area contributed by atoms with Crippen molar-refractivity contribution >= 4 is 33.8 Å². The molecule has 1 fully saturated rings. The van der Waals surface area contributed by atoms with Crippen LogP contribution in [0.1, 0.15) is 42.5 Å². The fourth-order valence-corrected chi connectivity index (χ4v) is 2.91. The zero-order chi connectivity index (χ0) is 16.7. The number of hydrogen-bond acceptors (Lipinski definition) is 4. The van der Waals surface area contributed by atoms with Gasteiger partial charge in [0.2, 0.25) is 0 Å². The van der Waals surface area contributed by atoms with Gasteiger partial charge in [0.1, 0.15) is 0 Å². The van der Waals surface area contributed by atoms with Crippen molar-refractivity contribution in [2.45, 2.75) is 38.1 Å². The lowest BCUT2D eigenvalue weighted by atomic mass is 9.96. The fourth-order valence-electron chi connectivity index (χ4n) is 2.47. The third kappa shape index (κ3) is 5.67. The van der Waals surface area contributed by atoms with Crippen LogP contribution in [-0.4, -0.2) is 30.6 Å². The number of amides is 3. The molecule has 0 aliphatic heterocycles. The van der Waals surface area contributed by atoms with Crippen LogP contribution in [0.4, 0.5) is 4.79 Å². The molecule has 1 aliphatic rings. The first-order valence-corrected chi connectivity index (χ1v) is 8.37. The molecule has 1 saturated carbocycles. The van der Waals surface area contributed by atoms with Gasteiger partial charge < -0.3 is 10.1 Å². The Morgan fingerprint density at radius 1 is 1.13 bits per heavy atom. The number of rotatable bonds is 4. The Hall–Kier alpha value is -1.89. The van der Waals surface area contributed by atoms with Gasteiger partial charge in [-0.3, -0.25) is 10.1 Å². The third-order valence-corrected chi connectivity index (χ3v) is 4.31. The van der Waals surface area contributed by atoms with Crippen molar-refractivity contribution in [1.29, 1.82) is 0 Å². The van der Waals surface area contributed by atoms with Gasteiger partial charge in [-0.2, -0.15) is 0 Å². The van der Waals surface area contributed by atoms with Crippen molar-refractivity contribution in [2.75, 3.05) is 6.61 Å². The van der Waals surface area contributed by atoms with E-state index in [1.54, 1.807) is 24.3 Å². The molecule has 0 spiro atoms. The molecule has 124 valence electrons. The van der Waals surface area contributed by atoms with Gasteiger partial charge in [0, 0.05) is 10.5 Å². The monoisotopic (exact) mass is 382 g/mol. The number of imide groups is 1. The Morgan fingerprint density at radius 2 is 1.83 bits per heavy atom. The third-order valence-electron chi connectivity index (χ3n) is 3.62. The highest BCUT2D eigenvalue weighted by Crippen LogP contribution is 2.17. The van der Waals surface area contributed by atoms with Crippen LogP contribution in [0.5, 0.6) is 0 Å². The molecule has 1 aromatic rings. The average molecular weight is 383 g/mol. The molecular weight excluding hydrogens is 364 g/mol. The molecule has 0 heterocycles. The van der Waals surface area contributed by atoms with E-state index in [9.17, 15) is 14.4 Å². The van der Waals surface area contributed by atoms with Crippen LogP contribution in [0, 0.1) is 0 Å². The summed E-state index contributed by atoms with van der Waals surface area (Å²) in [6.45, 7) is -0.502. The predicted molar refractivity (Wildman–Crippen MR) is 88.0 cm³/mol. The van der Waals surface area contributed by atoms with Crippen molar-refractivity contribution < 1.29 is 19.1 Å². The summed E-state index contributed by atoms with van der Waals surface area (Å²) in [6, 6.07) is 6.31. The van der Waals surface area contributed by atoms with Gasteiger partial charge >= 0.3 is 12.0 Å². The van der Waals surface area contributed by atoms with Gasteiger partial charge in [-0.25, -0.2) is 9.59 Å². The molecule has 0 radical (unpaired) electrons. The molecule has 1 aliphatic carbocycles. The Labute approximate surface area is 143 Å². The Bertz CT molecular complexity index is 585. The minimum Gasteiger partial charge on any atom is -0.452 e. The zero-order valence-corrected chi connectivity index (χ0v) is 14.2. The van der Waals surface area contributed by atoms with Gasteiger partial charge in [0.15, 0.2) is 6.61 Å². The number of carbonyl (C=O) groups is 3. The molecule has 1 aromatic carbocycles. The number of esters is 1. The first kappa shape index (κ1) is 17.5. The second-order valence-corrected chi connectivity index (χ2v) is 6.27. The summed E-state index contributed by atoms with van der Waals surface area (Å²) in [5.74, 6) is -1.28. The second kappa shape index (κ2) is 8.67. The first-order chi connectivity index (χ1) is 11.1. The lowest BCUT2D eigenvalue weighted by Crippen LogP contribution is -2.46. The van der Waals surface area contributed by atoms with Crippen molar-refractivity contribution in [2.24, 2.45) is 0 Å². The minimum atomic E-state index is -0.654. The van der Waals surface area contributed by atoms with Crippen LogP contribution >= 0.6 is 15.9 Å². The molecule has 0 atom stereocenters. The number of hydrogen-bond donors (Lipinski definition) is 2. The zero-order valence-electron chi connectivity index (χ0n) is 12.6. The summed E-state index contributed by atoms with van der Waals surface area (Å²) >= 11 is 3.23. The van der Waals surface area contributed by atoms with Crippen molar-refractivity contribution in [1.82, 2.24) is 10.6 Å². The van der Waals surface area contributed by atoms with E-state index in [-0.39, 0.29) is 6.04 Å². The number of ether oxygens (including phenoxy) is 1. The second-order valence-electron chi connectivity index (χ2n) is 5.41. The smallest absolute Gasteiger partial charge is 0.339 e. The van der Waals surface area contributed by atoms with E-state index in [1.165, 1.54) is 6.42 Å². The van der Waals surface area contributed by atoms with Crippen LogP contribution in [0.2, 0.25) is 0 Å².